The van der Waals surface area contributed by atoms with Crippen molar-refractivity contribution in [3.05, 3.63) is 29.8 Å². The van der Waals surface area contributed by atoms with Gasteiger partial charge in [-0.05, 0) is 24.5 Å². The minimum atomic E-state index is -0.309. The van der Waals surface area contributed by atoms with E-state index in [-0.39, 0.29) is 12.1 Å². The highest BCUT2D eigenvalue weighted by Gasteiger charge is 2.31. The Labute approximate surface area is 88.5 Å². The molecule has 3 N–H and O–H groups in total. The van der Waals surface area contributed by atoms with Crippen LogP contribution in [0, 0.1) is 0 Å². The third kappa shape index (κ3) is 1.67. The second-order valence-corrected chi connectivity index (χ2v) is 4.86. The molecule has 0 bridgehead atoms. The van der Waals surface area contributed by atoms with Crippen LogP contribution in [0.2, 0.25) is 0 Å². The van der Waals surface area contributed by atoms with Gasteiger partial charge in [-0.15, -0.1) is 11.8 Å². The summed E-state index contributed by atoms with van der Waals surface area (Å²) in [5.41, 5.74) is 7.20. The molecule has 1 heterocycles. The van der Waals surface area contributed by atoms with Crippen LogP contribution in [-0.4, -0.2) is 17.5 Å². The van der Waals surface area contributed by atoms with Gasteiger partial charge in [-0.2, -0.15) is 0 Å². The van der Waals surface area contributed by atoms with Crippen LogP contribution < -0.4 is 5.73 Å². The predicted octanol–water partition coefficient (Wildman–Crippen LogP) is 1.72. The van der Waals surface area contributed by atoms with Crippen molar-refractivity contribution in [2.24, 2.45) is 5.73 Å². The summed E-state index contributed by atoms with van der Waals surface area (Å²) < 4.78 is 0. The highest BCUT2D eigenvalue weighted by atomic mass is 32.2. The van der Waals surface area contributed by atoms with Gasteiger partial charge < -0.3 is 10.8 Å². The summed E-state index contributed by atoms with van der Waals surface area (Å²) >= 11 is 1.86. The molecule has 0 aliphatic carbocycles. The van der Waals surface area contributed by atoms with Crippen molar-refractivity contribution in [2.75, 3.05) is 12.4 Å². The van der Waals surface area contributed by atoms with Crippen molar-refractivity contribution < 1.29 is 5.11 Å². The quantitative estimate of drug-likeness (QED) is 0.779. The molecule has 76 valence electrons. The number of aliphatic hydroxyl groups excluding tert-OH is 1. The van der Waals surface area contributed by atoms with Gasteiger partial charge in [0.05, 0.1) is 0 Å². The molecule has 2 rings (SSSR count). The molecule has 0 radical (unpaired) electrons. The molecule has 1 aliphatic rings. The van der Waals surface area contributed by atoms with Crippen LogP contribution in [0.4, 0.5) is 0 Å². The van der Waals surface area contributed by atoms with E-state index in [9.17, 15) is 0 Å². The molecule has 3 heteroatoms. The van der Waals surface area contributed by atoms with Crippen molar-refractivity contribution in [2.45, 2.75) is 23.3 Å². The lowest BCUT2D eigenvalue weighted by Gasteiger charge is -2.34. The topological polar surface area (TPSA) is 46.2 Å². The number of fused-ring (bicyclic) bond motifs is 1. The van der Waals surface area contributed by atoms with Crippen molar-refractivity contribution >= 4 is 11.8 Å². The molecule has 1 aromatic carbocycles. The fourth-order valence-corrected chi connectivity index (χ4v) is 3.23. The van der Waals surface area contributed by atoms with E-state index in [0.29, 0.717) is 6.42 Å². The first kappa shape index (κ1) is 10.0. The summed E-state index contributed by atoms with van der Waals surface area (Å²) in [6.45, 7) is 0.162. The van der Waals surface area contributed by atoms with Crippen molar-refractivity contribution in [3.63, 3.8) is 0 Å². The van der Waals surface area contributed by atoms with Gasteiger partial charge in [0.15, 0.2) is 0 Å². The second-order valence-electron chi connectivity index (χ2n) is 3.72. The van der Waals surface area contributed by atoms with E-state index in [1.54, 1.807) is 0 Å². The maximum Gasteiger partial charge on any atom is 0.0451 e. The van der Waals surface area contributed by atoms with Crippen LogP contribution in [0.1, 0.15) is 18.4 Å². The maximum atomic E-state index is 9.02. The van der Waals surface area contributed by atoms with E-state index in [0.717, 1.165) is 12.2 Å². The zero-order valence-electron chi connectivity index (χ0n) is 8.07. The second kappa shape index (κ2) is 3.93. The van der Waals surface area contributed by atoms with Crippen LogP contribution in [0.25, 0.3) is 0 Å². The minimum absolute atomic E-state index is 0.162. The Bertz CT molecular complexity index is 329. The summed E-state index contributed by atoms with van der Waals surface area (Å²) in [5, 5.41) is 9.02. The fourth-order valence-electron chi connectivity index (χ4n) is 1.94. The lowest BCUT2D eigenvalue weighted by molar-refractivity contribution is 0.233. The first-order chi connectivity index (χ1) is 6.76. The third-order valence-corrected chi connectivity index (χ3v) is 3.86. The van der Waals surface area contributed by atoms with Crippen molar-refractivity contribution in [1.82, 2.24) is 0 Å². The average Bonchev–Trinajstić information content (AvgIpc) is 2.19. The van der Waals surface area contributed by atoms with Crippen LogP contribution in [-0.2, 0) is 5.54 Å². The predicted molar refractivity (Wildman–Crippen MR) is 59.4 cm³/mol. The normalized spacial score (nSPS) is 25.9. The molecule has 1 atom stereocenters. The number of hydrogen-bond acceptors (Lipinski definition) is 3. The van der Waals surface area contributed by atoms with E-state index >= 15 is 0 Å². The Hall–Kier alpha value is -0.510. The van der Waals surface area contributed by atoms with E-state index in [4.69, 9.17) is 10.8 Å². The van der Waals surface area contributed by atoms with Gasteiger partial charge in [-0.1, -0.05) is 18.2 Å². The summed E-state index contributed by atoms with van der Waals surface area (Å²) in [5.74, 6) is 1.05. The van der Waals surface area contributed by atoms with Crippen LogP contribution in [0.5, 0.6) is 0 Å². The summed E-state index contributed by atoms with van der Waals surface area (Å²) in [6.07, 6.45) is 1.61. The molecule has 0 saturated carbocycles. The Morgan fingerprint density at radius 1 is 1.43 bits per heavy atom. The summed E-state index contributed by atoms with van der Waals surface area (Å²) in [6, 6.07) is 8.25. The fraction of sp³-hybridized carbons (Fsp3) is 0.455. The monoisotopic (exact) mass is 209 g/mol. The maximum absolute atomic E-state index is 9.02. The highest BCUT2D eigenvalue weighted by Crippen LogP contribution is 2.40. The molecule has 0 aromatic heterocycles. The van der Waals surface area contributed by atoms with E-state index in [2.05, 4.69) is 12.1 Å². The minimum Gasteiger partial charge on any atom is -0.396 e. The zero-order chi connectivity index (χ0) is 10.0. The SMILES string of the molecule is NC1(CCO)CCSc2ccccc21. The van der Waals surface area contributed by atoms with Gasteiger partial charge in [0.25, 0.3) is 0 Å². The van der Waals surface area contributed by atoms with Gasteiger partial charge in [0.2, 0.25) is 0 Å². The smallest absolute Gasteiger partial charge is 0.0451 e. The molecular weight excluding hydrogens is 194 g/mol. The molecule has 1 unspecified atom stereocenters. The Kier molecular flexibility index (Phi) is 2.81. The van der Waals surface area contributed by atoms with E-state index in [1.807, 2.05) is 23.9 Å². The molecule has 0 fully saturated rings. The molecule has 0 saturated heterocycles. The summed E-state index contributed by atoms with van der Waals surface area (Å²) in [4.78, 5) is 1.27. The lowest BCUT2D eigenvalue weighted by atomic mass is 9.85. The van der Waals surface area contributed by atoms with Gasteiger partial charge >= 0.3 is 0 Å². The third-order valence-electron chi connectivity index (χ3n) is 2.79. The van der Waals surface area contributed by atoms with Crippen LogP contribution in [0.15, 0.2) is 29.2 Å². The Morgan fingerprint density at radius 2 is 2.21 bits per heavy atom. The van der Waals surface area contributed by atoms with E-state index in [1.165, 1.54) is 10.5 Å². The van der Waals surface area contributed by atoms with Gasteiger partial charge in [0, 0.05) is 22.8 Å². The van der Waals surface area contributed by atoms with Gasteiger partial charge in [-0.25, -0.2) is 0 Å². The number of aliphatic hydroxyl groups is 1. The number of thioether (sulfide) groups is 1. The first-order valence-corrected chi connectivity index (χ1v) is 5.87. The van der Waals surface area contributed by atoms with Crippen LogP contribution in [0.3, 0.4) is 0 Å². The number of rotatable bonds is 2. The molecule has 1 aliphatic heterocycles. The number of benzene rings is 1. The molecule has 0 amide bonds. The standard InChI is InChI=1S/C11H15NOS/c12-11(5-7-13)6-8-14-10-4-2-1-3-9(10)11/h1-4,13H,5-8,12H2. The Morgan fingerprint density at radius 3 is 3.00 bits per heavy atom. The lowest BCUT2D eigenvalue weighted by Crippen LogP contribution is -2.40. The first-order valence-electron chi connectivity index (χ1n) is 4.88. The molecule has 2 nitrogen and oxygen atoms in total. The molecule has 0 spiro atoms. The van der Waals surface area contributed by atoms with Gasteiger partial charge in [0.1, 0.15) is 0 Å². The molecule has 1 aromatic rings. The highest BCUT2D eigenvalue weighted by molar-refractivity contribution is 7.99. The van der Waals surface area contributed by atoms with Crippen molar-refractivity contribution in [3.8, 4) is 0 Å². The van der Waals surface area contributed by atoms with E-state index < -0.39 is 0 Å². The largest absolute Gasteiger partial charge is 0.396 e. The van der Waals surface area contributed by atoms with Crippen molar-refractivity contribution in [1.29, 1.82) is 0 Å². The summed E-state index contributed by atoms with van der Waals surface area (Å²) in [7, 11) is 0. The average molecular weight is 209 g/mol. The Balaban J connectivity index is 2.39. The molecule has 14 heavy (non-hydrogen) atoms. The number of hydrogen-bond donors (Lipinski definition) is 2. The number of nitrogens with two attached hydrogens (primary N) is 1. The van der Waals surface area contributed by atoms with Crippen LogP contribution >= 0.6 is 11.8 Å². The molecular formula is C11H15NOS. The van der Waals surface area contributed by atoms with Gasteiger partial charge in [-0.3, -0.25) is 0 Å². The zero-order valence-corrected chi connectivity index (χ0v) is 8.89.